The molecular formula is C51H31NO. The number of hydrogen-bond donors (Lipinski definition) is 0. The molecule has 246 valence electrons. The number of fused-ring (bicyclic) bond motifs is 7. The Morgan fingerprint density at radius 3 is 1.47 bits per heavy atom. The van der Waals surface area contributed by atoms with Gasteiger partial charge < -0.3 is 4.42 Å². The van der Waals surface area contributed by atoms with Gasteiger partial charge in [0, 0.05) is 28.1 Å². The molecule has 0 fully saturated rings. The molecule has 0 aliphatic carbocycles. The summed E-state index contributed by atoms with van der Waals surface area (Å²) < 4.78 is 6.27. The van der Waals surface area contributed by atoms with E-state index in [1.165, 1.54) is 70.9 Å². The third kappa shape index (κ3) is 4.84. The second-order valence-corrected chi connectivity index (χ2v) is 13.9. The average molecular weight is 674 g/mol. The summed E-state index contributed by atoms with van der Waals surface area (Å²) in [6.07, 6.45) is 2.03. The maximum atomic E-state index is 6.27. The highest BCUT2D eigenvalue weighted by Gasteiger charge is 2.17. The van der Waals surface area contributed by atoms with Crippen LogP contribution in [0.5, 0.6) is 0 Å². The molecular weight excluding hydrogens is 643 g/mol. The van der Waals surface area contributed by atoms with E-state index in [4.69, 9.17) is 9.40 Å². The molecule has 2 heterocycles. The summed E-state index contributed by atoms with van der Waals surface area (Å²) in [4.78, 5) is 5.07. The summed E-state index contributed by atoms with van der Waals surface area (Å²) in [5.41, 5.74) is 11.0. The standard InChI is InChI=1S/C51H31NO/c1-2-10-35-27-38(22-19-32(35)9-1)33-17-20-34(21-18-33)50-41-13-5-7-15-43(41)51(44-16-8-6-14-42(44)50)40-23-25-47(52-31-40)39-24-26-48-45(29-39)46-28-36-11-3-4-12-37(36)30-49(46)53-48/h1-31H. The molecule has 11 aromatic rings. The molecule has 0 amide bonds. The van der Waals surface area contributed by atoms with Gasteiger partial charge in [-0.2, -0.15) is 0 Å². The number of furan rings is 1. The molecule has 0 spiro atoms. The zero-order chi connectivity index (χ0) is 34.9. The van der Waals surface area contributed by atoms with E-state index in [2.05, 4.69) is 182 Å². The fourth-order valence-electron chi connectivity index (χ4n) is 8.28. The topological polar surface area (TPSA) is 26.0 Å². The first-order valence-electron chi connectivity index (χ1n) is 18.1. The average Bonchev–Trinajstić information content (AvgIpc) is 3.58. The van der Waals surface area contributed by atoms with Crippen molar-refractivity contribution in [3.8, 4) is 44.6 Å². The largest absolute Gasteiger partial charge is 0.456 e. The lowest BCUT2D eigenvalue weighted by atomic mass is 9.86. The van der Waals surface area contributed by atoms with Gasteiger partial charge in [-0.15, -0.1) is 0 Å². The predicted molar refractivity (Wildman–Crippen MR) is 223 cm³/mol. The third-order valence-corrected chi connectivity index (χ3v) is 10.9. The lowest BCUT2D eigenvalue weighted by Gasteiger charge is -2.18. The highest BCUT2D eigenvalue weighted by molar-refractivity contribution is 6.21. The summed E-state index contributed by atoms with van der Waals surface area (Å²) >= 11 is 0. The van der Waals surface area contributed by atoms with Crippen molar-refractivity contribution < 1.29 is 4.42 Å². The van der Waals surface area contributed by atoms with Crippen LogP contribution in [0.25, 0.3) is 110 Å². The monoisotopic (exact) mass is 673 g/mol. The van der Waals surface area contributed by atoms with Crippen LogP contribution >= 0.6 is 0 Å². The van der Waals surface area contributed by atoms with Gasteiger partial charge in [0.05, 0.1) is 5.69 Å². The molecule has 0 saturated carbocycles. The maximum Gasteiger partial charge on any atom is 0.136 e. The summed E-state index contributed by atoms with van der Waals surface area (Å²) in [7, 11) is 0. The van der Waals surface area contributed by atoms with E-state index in [1.807, 2.05) is 6.20 Å². The van der Waals surface area contributed by atoms with Crippen LogP contribution in [0.1, 0.15) is 0 Å². The second kappa shape index (κ2) is 11.8. The first-order valence-corrected chi connectivity index (χ1v) is 18.1. The molecule has 0 aliphatic heterocycles. The minimum Gasteiger partial charge on any atom is -0.456 e. The van der Waals surface area contributed by atoms with Gasteiger partial charge in [-0.3, -0.25) is 4.98 Å². The van der Waals surface area contributed by atoms with Crippen molar-refractivity contribution >= 4 is 65.0 Å². The van der Waals surface area contributed by atoms with Crippen LogP contribution in [0.3, 0.4) is 0 Å². The van der Waals surface area contributed by atoms with Gasteiger partial charge in [-0.1, -0.05) is 140 Å². The minimum atomic E-state index is 0.886. The van der Waals surface area contributed by atoms with Crippen molar-refractivity contribution in [3.05, 3.63) is 188 Å². The van der Waals surface area contributed by atoms with Gasteiger partial charge in [0.15, 0.2) is 0 Å². The maximum absolute atomic E-state index is 6.27. The third-order valence-electron chi connectivity index (χ3n) is 10.9. The van der Waals surface area contributed by atoms with E-state index < -0.39 is 0 Å². The molecule has 0 bridgehead atoms. The van der Waals surface area contributed by atoms with E-state index >= 15 is 0 Å². The molecule has 2 nitrogen and oxygen atoms in total. The summed E-state index contributed by atoms with van der Waals surface area (Å²) in [6, 6.07) is 65.5. The van der Waals surface area contributed by atoms with E-state index in [0.717, 1.165) is 38.8 Å². The van der Waals surface area contributed by atoms with Crippen LogP contribution in [-0.4, -0.2) is 4.98 Å². The van der Waals surface area contributed by atoms with Gasteiger partial charge >= 0.3 is 0 Å². The SMILES string of the molecule is c1ccc2cc(-c3ccc(-c4c5ccccc5c(-c5ccc(-c6ccc7oc8cc9ccccc9cc8c7c6)nc5)c5ccccc45)cc3)ccc2c1. The second-order valence-electron chi connectivity index (χ2n) is 13.9. The molecule has 9 aromatic carbocycles. The highest BCUT2D eigenvalue weighted by atomic mass is 16.3. The molecule has 0 radical (unpaired) electrons. The molecule has 0 saturated heterocycles. The van der Waals surface area contributed by atoms with E-state index in [-0.39, 0.29) is 0 Å². The van der Waals surface area contributed by atoms with E-state index in [1.54, 1.807) is 0 Å². The fourth-order valence-corrected chi connectivity index (χ4v) is 8.28. The molecule has 53 heavy (non-hydrogen) atoms. The van der Waals surface area contributed by atoms with Gasteiger partial charge in [0.1, 0.15) is 11.2 Å². The van der Waals surface area contributed by atoms with Crippen LogP contribution in [0, 0.1) is 0 Å². The number of benzene rings is 9. The highest BCUT2D eigenvalue weighted by Crippen LogP contribution is 2.44. The fraction of sp³-hybridized carbons (Fsp3) is 0. The normalized spacial score (nSPS) is 11.8. The van der Waals surface area contributed by atoms with Crippen molar-refractivity contribution in [2.75, 3.05) is 0 Å². The van der Waals surface area contributed by atoms with Gasteiger partial charge in [0.25, 0.3) is 0 Å². The Morgan fingerprint density at radius 1 is 0.302 bits per heavy atom. The Bertz CT molecular complexity index is 3150. The van der Waals surface area contributed by atoms with Crippen LogP contribution in [0.2, 0.25) is 0 Å². The van der Waals surface area contributed by atoms with Crippen molar-refractivity contribution in [1.29, 1.82) is 0 Å². The molecule has 11 rings (SSSR count). The zero-order valence-corrected chi connectivity index (χ0v) is 28.8. The summed E-state index contributed by atoms with van der Waals surface area (Å²) in [5, 5.41) is 12.0. The lowest BCUT2D eigenvalue weighted by molar-refractivity contribution is 0.669. The number of rotatable bonds is 4. The first-order chi connectivity index (χ1) is 26.2. The lowest BCUT2D eigenvalue weighted by Crippen LogP contribution is -1.92. The molecule has 2 aromatic heterocycles. The molecule has 0 N–H and O–H groups in total. The summed E-state index contributed by atoms with van der Waals surface area (Å²) in [5.74, 6) is 0. The molecule has 0 atom stereocenters. The molecule has 2 heteroatoms. The Labute approximate surface area is 306 Å². The number of hydrogen-bond acceptors (Lipinski definition) is 2. The van der Waals surface area contributed by atoms with Crippen molar-refractivity contribution in [1.82, 2.24) is 4.98 Å². The van der Waals surface area contributed by atoms with E-state index in [9.17, 15) is 0 Å². The zero-order valence-electron chi connectivity index (χ0n) is 28.8. The smallest absolute Gasteiger partial charge is 0.136 e. The van der Waals surface area contributed by atoms with Crippen LogP contribution in [0.4, 0.5) is 0 Å². The quantitative estimate of drug-likeness (QED) is 0.174. The summed E-state index contributed by atoms with van der Waals surface area (Å²) in [6.45, 7) is 0. The van der Waals surface area contributed by atoms with Crippen LogP contribution < -0.4 is 0 Å². The predicted octanol–water partition coefficient (Wildman–Crippen LogP) is 14.3. The van der Waals surface area contributed by atoms with Crippen LogP contribution in [0.15, 0.2) is 193 Å². The number of pyridine rings is 1. The van der Waals surface area contributed by atoms with Gasteiger partial charge in [0.2, 0.25) is 0 Å². The first kappa shape index (κ1) is 29.7. The Hall–Kier alpha value is -7.03. The van der Waals surface area contributed by atoms with Crippen LogP contribution in [-0.2, 0) is 0 Å². The van der Waals surface area contributed by atoms with Crippen molar-refractivity contribution in [3.63, 3.8) is 0 Å². The Morgan fingerprint density at radius 2 is 0.811 bits per heavy atom. The minimum absolute atomic E-state index is 0.886. The number of aromatic nitrogens is 1. The molecule has 0 unspecified atom stereocenters. The molecule has 0 aliphatic rings. The Balaban J connectivity index is 1.01. The van der Waals surface area contributed by atoms with Gasteiger partial charge in [-0.05, 0) is 113 Å². The van der Waals surface area contributed by atoms with E-state index in [0.29, 0.717) is 0 Å². The van der Waals surface area contributed by atoms with Gasteiger partial charge in [-0.25, -0.2) is 0 Å². The van der Waals surface area contributed by atoms with Crippen molar-refractivity contribution in [2.45, 2.75) is 0 Å². The number of nitrogens with zero attached hydrogens (tertiary/aromatic N) is 1. The Kier molecular flexibility index (Phi) is 6.59. The van der Waals surface area contributed by atoms with Crippen molar-refractivity contribution in [2.24, 2.45) is 0 Å².